The van der Waals surface area contributed by atoms with E-state index in [9.17, 15) is 5.11 Å². The van der Waals surface area contributed by atoms with Gasteiger partial charge in [0, 0.05) is 35.7 Å². The van der Waals surface area contributed by atoms with Gasteiger partial charge in [-0.1, -0.05) is 35.3 Å². The van der Waals surface area contributed by atoms with Crippen molar-refractivity contribution in [1.29, 1.82) is 0 Å². The van der Waals surface area contributed by atoms with Crippen molar-refractivity contribution in [2.45, 2.75) is 31.1 Å². The van der Waals surface area contributed by atoms with Crippen LogP contribution in [0.1, 0.15) is 31.9 Å². The van der Waals surface area contributed by atoms with Crippen LogP contribution in [0.5, 0.6) is 0 Å². The summed E-state index contributed by atoms with van der Waals surface area (Å²) in [5.41, 5.74) is 0.727. The first-order valence-electron chi connectivity index (χ1n) is 6.87. The van der Waals surface area contributed by atoms with E-state index in [1.807, 2.05) is 23.9 Å². The largest absolute Gasteiger partial charge is 0.388 e. The third kappa shape index (κ3) is 4.28. The predicted molar refractivity (Wildman–Crippen MR) is 89.0 cm³/mol. The van der Waals surface area contributed by atoms with Crippen molar-refractivity contribution in [2.75, 3.05) is 25.4 Å². The average Bonchev–Trinajstić information content (AvgIpc) is 2.38. The molecule has 1 aromatic carbocycles. The summed E-state index contributed by atoms with van der Waals surface area (Å²) < 4.78 is 0.302. The molecule has 5 heteroatoms. The van der Waals surface area contributed by atoms with E-state index in [2.05, 4.69) is 18.7 Å². The SMILES string of the molecule is CC1(C)CN(CCC(O)c2cccc(Cl)c2Cl)CCS1. The third-order valence-electron chi connectivity index (χ3n) is 3.56. The Bertz CT molecular complexity index is 467. The fraction of sp³-hybridized carbons (Fsp3) is 0.600. The van der Waals surface area contributed by atoms with Gasteiger partial charge in [-0.05, 0) is 26.3 Å². The van der Waals surface area contributed by atoms with Crippen molar-refractivity contribution in [2.24, 2.45) is 0 Å². The van der Waals surface area contributed by atoms with Gasteiger partial charge in [0.15, 0.2) is 0 Å². The van der Waals surface area contributed by atoms with E-state index in [4.69, 9.17) is 23.2 Å². The molecule has 2 rings (SSSR count). The molecule has 1 saturated heterocycles. The highest BCUT2D eigenvalue weighted by Gasteiger charge is 2.27. The van der Waals surface area contributed by atoms with Crippen LogP contribution < -0.4 is 0 Å². The van der Waals surface area contributed by atoms with Crippen molar-refractivity contribution in [3.05, 3.63) is 33.8 Å². The highest BCUT2D eigenvalue weighted by Crippen LogP contribution is 2.33. The molecule has 0 aliphatic carbocycles. The Morgan fingerprint density at radius 3 is 2.85 bits per heavy atom. The minimum absolute atomic E-state index is 0.302. The number of hydrogen-bond donors (Lipinski definition) is 1. The molecule has 0 spiro atoms. The first-order chi connectivity index (χ1) is 9.39. The Hall–Kier alpha value is 0.0700. The Balaban J connectivity index is 1.92. The Morgan fingerprint density at radius 2 is 2.15 bits per heavy atom. The second-order valence-corrected chi connectivity index (χ2v) is 8.42. The molecule has 2 nitrogen and oxygen atoms in total. The van der Waals surface area contributed by atoms with Gasteiger partial charge in [-0.15, -0.1) is 0 Å². The standard InChI is InChI=1S/C15H21Cl2NOS/c1-15(2)10-18(8-9-20-15)7-6-13(19)11-4-3-5-12(16)14(11)17/h3-5,13,19H,6-10H2,1-2H3. The average molecular weight is 334 g/mol. The maximum Gasteiger partial charge on any atom is 0.0817 e. The summed E-state index contributed by atoms with van der Waals surface area (Å²) in [6.45, 7) is 7.58. The fourth-order valence-corrected chi connectivity index (χ4v) is 4.15. The third-order valence-corrected chi connectivity index (χ3v) is 5.69. The summed E-state index contributed by atoms with van der Waals surface area (Å²) in [4.78, 5) is 2.41. The molecule has 0 radical (unpaired) electrons. The number of hydrogen-bond acceptors (Lipinski definition) is 3. The van der Waals surface area contributed by atoms with Gasteiger partial charge in [0.25, 0.3) is 0 Å². The molecule has 0 bridgehead atoms. The summed E-state index contributed by atoms with van der Waals surface area (Å²) in [7, 11) is 0. The zero-order valence-corrected chi connectivity index (χ0v) is 14.2. The van der Waals surface area contributed by atoms with Crippen molar-refractivity contribution in [3.8, 4) is 0 Å². The minimum Gasteiger partial charge on any atom is -0.388 e. The maximum absolute atomic E-state index is 10.3. The molecule has 0 saturated carbocycles. The van der Waals surface area contributed by atoms with Crippen LogP contribution >= 0.6 is 35.0 Å². The van der Waals surface area contributed by atoms with E-state index in [1.165, 1.54) is 0 Å². The van der Waals surface area contributed by atoms with Gasteiger partial charge in [0.2, 0.25) is 0 Å². The quantitative estimate of drug-likeness (QED) is 0.891. The van der Waals surface area contributed by atoms with Crippen LogP contribution in [0.2, 0.25) is 10.0 Å². The van der Waals surface area contributed by atoms with Crippen LogP contribution in [-0.2, 0) is 0 Å². The topological polar surface area (TPSA) is 23.5 Å². The molecule has 1 unspecified atom stereocenters. The van der Waals surface area contributed by atoms with Crippen molar-refractivity contribution >= 4 is 35.0 Å². The Kier molecular flexibility index (Phi) is 5.66. The lowest BCUT2D eigenvalue weighted by Crippen LogP contribution is -2.43. The molecule has 1 heterocycles. The first kappa shape index (κ1) is 16.4. The first-order valence-corrected chi connectivity index (χ1v) is 8.61. The van der Waals surface area contributed by atoms with Gasteiger partial charge in [0.1, 0.15) is 0 Å². The zero-order valence-electron chi connectivity index (χ0n) is 11.9. The fourth-order valence-electron chi connectivity index (χ4n) is 2.54. The predicted octanol–water partition coefficient (Wildman–Crippen LogP) is 4.24. The number of thioether (sulfide) groups is 1. The lowest BCUT2D eigenvalue weighted by Gasteiger charge is -2.37. The number of halogens is 2. The second kappa shape index (κ2) is 6.89. The summed E-state index contributed by atoms with van der Waals surface area (Å²) >= 11 is 14.2. The van der Waals surface area contributed by atoms with E-state index in [0.29, 0.717) is 21.2 Å². The monoisotopic (exact) mass is 333 g/mol. The van der Waals surface area contributed by atoms with Crippen molar-refractivity contribution < 1.29 is 5.11 Å². The van der Waals surface area contributed by atoms with Crippen LogP contribution in [-0.4, -0.2) is 40.1 Å². The molecule has 112 valence electrons. The van der Waals surface area contributed by atoms with Crippen LogP contribution in [0, 0.1) is 0 Å². The lowest BCUT2D eigenvalue weighted by molar-refractivity contribution is 0.140. The van der Waals surface area contributed by atoms with Gasteiger partial charge in [0.05, 0.1) is 16.1 Å². The van der Waals surface area contributed by atoms with E-state index in [1.54, 1.807) is 6.07 Å². The Labute approximate surface area is 135 Å². The smallest absolute Gasteiger partial charge is 0.0817 e. The van der Waals surface area contributed by atoms with E-state index in [-0.39, 0.29) is 0 Å². The molecule has 1 fully saturated rings. The Morgan fingerprint density at radius 1 is 1.40 bits per heavy atom. The number of rotatable bonds is 4. The molecular weight excluding hydrogens is 313 g/mol. The highest BCUT2D eigenvalue weighted by atomic mass is 35.5. The van der Waals surface area contributed by atoms with E-state index in [0.717, 1.165) is 31.0 Å². The van der Waals surface area contributed by atoms with Gasteiger partial charge < -0.3 is 10.0 Å². The van der Waals surface area contributed by atoms with Crippen LogP contribution in [0.25, 0.3) is 0 Å². The van der Waals surface area contributed by atoms with E-state index >= 15 is 0 Å². The van der Waals surface area contributed by atoms with E-state index < -0.39 is 6.10 Å². The van der Waals surface area contributed by atoms with Gasteiger partial charge >= 0.3 is 0 Å². The number of benzene rings is 1. The number of aliphatic hydroxyl groups is 1. The minimum atomic E-state index is -0.557. The second-order valence-electron chi connectivity index (χ2n) is 5.83. The lowest BCUT2D eigenvalue weighted by atomic mass is 10.1. The molecule has 1 aromatic rings. The van der Waals surface area contributed by atoms with Crippen molar-refractivity contribution in [1.82, 2.24) is 4.90 Å². The maximum atomic E-state index is 10.3. The molecular formula is C15H21Cl2NOS. The summed E-state index contributed by atoms with van der Waals surface area (Å²) in [6.07, 6.45) is 0.125. The highest BCUT2D eigenvalue weighted by molar-refractivity contribution is 8.00. The molecule has 20 heavy (non-hydrogen) atoms. The molecule has 0 aromatic heterocycles. The van der Waals surface area contributed by atoms with Gasteiger partial charge in [-0.3, -0.25) is 0 Å². The summed E-state index contributed by atoms with van der Waals surface area (Å²) in [5.74, 6) is 1.15. The number of nitrogens with zero attached hydrogens (tertiary/aromatic N) is 1. The zero-order chi connectivity index (χ0) is 14.8. The van der Waals surface area contributed by atoms with Gasteiger partial charge in [-0.2, -0.15) is 11.8 Å². The van der Waals surface area contributed by atoms with Crippen LogP contribution in [0.15, 0.2) is 18.2 Å². The van der Waals surface area contributed by atoms with Crippen LogP contribution in [0.3, 0.4) is 0 Å². The van der Waals surface area contributed by atoms with Crippen LogP contribution in [0.4, 0.5) is 0 Å². The molecule has 0 amide bonds. The molecule has 1 aliphatic heterocycles. The summed E-state index contributed by atoms with van der Waals surface area (Å²) in [5, 5.41) is 11.3. The summed E-state index contributed by atoms with van der Waals surface area (Å²) in [6, 6.07) is 5.41. The normalized spacial score (nSPS) is 20.9. The number of aliphatic hydroxyl groups excluding tert-OH is 1. The molecule has 1 atom stereocenters. The molecule has 1 N–H and O–H groups in total. The van der Waals surface area contributed by atoms with Crippen molar-refractivity contribution in [3.63, 3.8) is 0 Å². The van der Waals surface area contributed by atoms with Gasteiger partial charge in [-0.25, -0.2) is 0 Å². The molecule has 1 aliphatic rings.